The van der Waals surface area contributed by atoms with E-state index in [4.69, 9.17) is 9.47 Å². The van der Waals surface area contributed by atoms with E-state index in [9.17, 15) is 9.18 Å². The van der Waals surface area contributed by atoms with Gasteiger partial charge in [-0.1, -0.05) is 25.1 Å². The van der Waals surface area contributed by atoms with Gasteiger partial charge in [0.1, 0.15) is 28.0 Å². The third-order valence-corrected chi connectivity index (χ3v) is 5.13. The molecule has 3 aromatic rings. The maximum absolute atomic E-state index is 14.4. The zero-order valence-electron chi connectivity index (χ0n) is 16.4. The van der Waals surface area contributed by atoms with Crippen molar-refractivity contribution >= 4 is 17.2 Å². The predicted octanol–water partition coefficient (Wildman–Crippen LogP) is 4.72. The zero-order chi connectivity index (χ0) is 20.6. The van der Waals surface area contributed by atoms with E-state index < -0.39 is 5.82 Å². The van der Waals surface area contributed by atoms with Crippen LogP contribution in [0.2, 0.25) is 0 Å². The normalized spacial score (nSPS) is 10.6. The Hall–Kier alpha value is -2.93. The first-order valence-electron chi connectivity index (χ1n) is 9.40. The van der Waals surface area contributed by atoms with Gasteiger partial charge in [0, 0.05) is 23.6 Å². The number of nitrogens with zero attached hydrogens (tertiary/aromatic N) is 1. The van der Waals surface area contributed by atoms with E-state index in [1.807, 2.05) is 31.2 Å². The minimum Gasteiger partial charge on any atom is -0.496 e. The summed E-state index contributed by atoms with van der Waals surface area (Å²) >= 11 is 1.23. The summed E-state index contributed by atoms with van der Waals surface area (Å²) in [5.74, 6) is 0.570. The monoisotopic (exact) mass is 414 g/mol. The van der Waals surface area contributed by atoms with Crippen LogP contribution in [-0.2, 0) is 6.42 Å². The fourth-order valence-electron chi connectivity index (χ4n) is 2.79. The molecule has 5 nitrogen and oxygen atoms in total. The van der Waals surface area contributed by atoms with Crippen molar-refractivity contribution < 1.29 is 18.7 Å². The molecule has 0 atom stereocenters. The largest absolute Gasteiger partial charge is 0.496 e. The number of carbonyl (C=O) groups is 1. The van der Waals surface area contributed by atoms with Crippen molar-refractivity contribution in [3.05, 3.63) is 64.9 Å². The highest BCUT2D eigenvalue weighted by Crippen LogP contribution is 2.29. The summed E-state index contributed by atoms with van der Waals surface area (Å²) in [4.78, 5) is 16.7. The van der Waals surface area contributed by atoms with Gasteiger partial charge in [-0.15, -0.1) is 11.3 Å². The average Bonchev–Trinajstić information content (AvgIpc) is 3.22. The lowest BCUT2D eigenvalue weighted by molar-refractivity contribution is 0.0950. The average molecular weight is 415 g/mol. The number of nitrogens with one attached hydrogen (secondary N) is 1. The van der Waals surface area contributed by atoms with Gasteiger partial charge in [-0.3, -0.25) is 4.79 Å². The van der Waals surface area contributed by atoms with Gasteiger partial charge in [-0.25, -0.2) is 9.37 Å². The zero-order valence-corrected chi connectivity index (χ0v) is 17.2. The van der Waals surface area contributed by atoms with Crippen molar-refractivity contribution in [1.82, 2.24) is 10.3 Å². The van der Waals surface area contributed by atoms with Crippen LogP contribution < -0.4 is 14.8 Å². The molecule has 0 spiro atoms. The lowest BCUT2D eigenvalue weighted by atomic mass is 10.1. The molecule has 1 N–H and O–H groups in total. The van der Waals surface area contributed by atoms with Gasteiger partial charge in [0.15, 0.2) is 0 Å². The van der Waals surface area contributed by atoms with Gasteiger partial charge in [0.2, 0.25) is 0 Å². The number of benzene rings is 2. The Labute approximate surface area is 173 Å². The number of rotatable bonds is 9. The first kappa shape index (κ1) is 20.8. The fraction of sp³-hybridized carbons (Fsp3) is 0.273. The molecule has 3 rings (SSSR count). The molecular weight excluding hydrogens is 391 g/mol. The standard InChI is InChI=1S/C22H23FN2O3S/c1-3-12-28-16-8-9-17(18(23)13-16)22-25-19(14-29-22)21(26)24-11-10-15-6-4-5-7-20(15)27-2/h4-9,13-14H,3,10-12H2,1-2H3,(H,24,26). The molecule has 0 aliphatic carbocycles. The molecule has 2 aromatic carbocycles. The number of para-hydroxylation sites is 1. The molecule has 0 saturated heterocycles. The molecular formula is C22H23FN2O3S. The third kappa shape index (κ3) is 5.32. The van der Waals surface area contributed by atoms with Crippen molar-refractivity contribution in [1.29, 1.82) is 0 Å². The Morgan fingerprint density at radius 1 is 1.24 bits per heavy atom. The van der Waals surface area contributed by atoms with E-state index >= 15 is 0 Å². The highest BCUT2D eigenvalue weighted by atomic mass is 32.1. The quantitative estimate of drug-likeness (QED) is 0.550. The van der Waals surface area contributed by atoms with Crippen LogP contribution in [0.3, 0.4) is 0 Å². The third-order valence-electron chi connectivity index (χ3n) is 4.25. The van der Waals surface area contributed by atoms with E-state index in [2.05, 4.69) is 10.3 Å². The predicted molar refractivity (Wildman–Crippen MR) is 112 cm³/mol. The smallest absolute Gasteiger partial charge is 0.270 e. The number of ether oxygens (including phenoxy) is 2. The molecule has 0 unspecified atom stereocenters. The minimum absolute atomic E-state index is 0.274. The molecule has 1 aromatic heterocycles. The maximum atomic E-state index is 14.4. The molecule has 152 valence electrons. The van der Waals surface area contributed by atoms with Crippen molar-refractivity contribution in [3.63, 3.8) is 0 Å². The number of carbonyl (C=O) groups excluding carboxylic acids is 1. The summed E-state index contributed by atoms with van der Waals surface area (Å²) in [7, 11) is 1.62. The van der Waals surface area contributed by atoms with Crippen molar-refractivity contribution in [2.45, 2.75) is 19.8 Å². The Morgan fingerprint density at radius 3 is 2.83 bits per heavy atom. The first-order chi connectivity index (χ1) is 14.1. The van der Waals surface area contributed by atoms with Crippen LogP contribution >= 0.6 is 11.3 Å². The summed E-state index contributed by atoms with van der Waals surface area (Å²) < 4.78 is 25.2. The van der Waals surface area contributed by atoms with Gasteiger partial charge < -0.3 is 14.8 Å². The first-order valence-corrected chi connectivity index (χ1v) is 10.3. The van der Waals surface area contributed by atoms with Crippen LogP contribution in [-0.4, -0.2) is 31.2 Å². The van der Waals surface area contributed by atoms with Crippen LogP contribution in [0.4, 0.5) is 4.39 Å². The van der Waals surface area contributed by atoms with E-state index in [0.717, 1.165) is 17.7 Å². The molecule has 0 fully saturated rings. The number of hydrogen-bond acceptors (Lipinski definition) is 5. The number of hydrogen-bond donors (Lipinski definition) is 1. The van der Waals surface area contributed by atoms with E-state index in [1.165, 1.54) is 17.4 Å². The second kappa shape index (κ2) is 10.0. The number of aromatic nitrogens is 1. The Bertz CT molecular complexity index is 974. The summed E-state index contributed by atoms with van der Waals surface area (Å²) in [6.45, 7) is 2.97. The van der Waals surface area contributed by atoms with Crippen LogP contribution in [0.5, 0.6) is 11.5 Å². The lowest BCUT2D eigenvalue weighted by Gasteiger charge is -2.08. The maximum Gasteiger partial charge on any atom is 0.270 e. The van der Waals surface area contributed by atoms with Crippen LogP contribution in [0.25, 0.3) is 10.6 Å². The lowest BCUT2D eigenvalue weighted by Crippen LogP contribution is -2.26. The van der Waals surface area contributed by atoms with Crippen LogP contribution in [0, 0.1) is 5.82 Å². The van der Waals surface area contributed by atoms with Gasteiger partial charge in [-0.05, 0) is 36.6 Å². The molecule has 0 aliphatic heterocycles. The highest BCUT2D eigenvalue weighted by Gasteiger charge is 2.15. The number of halogens is 1. The minimum atomic E-state index is -0.420. The molecule has 1 amide bonds. The SMILES string of the molecule is CCCOc1ccc(-c2nc(C(=O)NCCc3ccccc3OC)cs2)c(F)c1. The highest BCUT2D eigenvalue weighted by molar-refractivity contribution is 7.13. The molecule has 0 aliphatic rings. The van der Waals surface area contributed by atoms with Crippen molar-refractivity contribution in [2.75, 3.05) is 20.3 Å². The van der Waals surface area contributed by atoms with E-state index in [1.54, 1.807) is 24.6 Å². The Kier molecular flexibility index (Phi) is 7.19. The van der Waals surface area contributed by atoms with Gasteiger partial charge >= 0.3 is 0 Å². The summed E-state index contributed by atoms with van der Waals surface area (Å²) in [5.41, 5.74) is 1.64. The summed E-state index contributed by atoms with van der Waals surface area (Å²) in [5, 5.41) is 4.94. The van der Waals surface area contributed by atoms with Crippen LogP contribution in [0.15, 0.2) is 47.8 Å². The number of thiazole rings is 1. The van der Waals surface area contributed by atoms with Gasteiger partial charge in [0.05, 0.1) is 13.7 Å². The van der Waals surface area contributed by atoms with E-state index in [0.29, 0.717) is 35.9 Å². The van der Waals surface area contributed by atoms with E-state index in [-0.39, 0.29) is 11.6 Å². The topological polar surface area (TPSA) is 60.5 Å². The molecule has 1 heterocycles. The Morgan fingerprint density at radius 2 is 2.07 bits per heavy atom. The van der Waals surface area contributed by atoms with Crippen molar-refractivity contribution in [2.24, 2.45) is 0 Å². The van der Waals surface area contributed by atoms with Gasteiger partial charge in [-0.2, -0.15) is 0 Å². The van der Waals surface area contributed by atoms with Crippen LogP contribution in [0.1, 0.15) is 29.4 Å². The number of amides is 1. The fourth-order valence-corrected chi connectivity index (χ4v) is 3.62. The Balaban J connectivity index is 1.61. The molecule has 0 radical (unpaired) electrons. The molecule has 7 heteroatoms. The summed E-state index contributed by atoms with van der Waals surface area (Å²) in [6.07, 6.45) is 1.49. The van der Waals surface area contributed by atoms with Crippen molar-refractivity contribution in [3.8, 4) is 22.1 Å². The molecule has 0 bridgehead atoms. The molecule has 29 heavy (non-hydrogen) atoms. The summed E-state index contributed by atoms with van der Waals surface area (Å²) in [6, 6.07) is 12.4. The molecule has 0 saturated carbocycles. The van der Waals surface area contributed by atoms with Gasteiger partial charge in [0.25, 0.3) is 5.91 Å². The second-order valence-corrected chi connectivity index (χ2v) is 7.20. The second-order valence-electron chi connectivity index (χ2n) is 6.35. The number of methoxy groups -OCH3 is 1.